The highest BCUT2D eigenvalue weighted by molar-refractivity contribution is 5.88. The molecule has 1 unspecified atom stereocenters. The first-order valence-corrected chi connectivity index (χ1v) is 6.23. The number of alkyl carbamates (subject to hydrolysis) is 1. The molecular formula is C14H17F2NO4. The number of nitrogens with one attached hydrogen (secondary N) is 1. The summed E-state index contributed by atoms with van der Waals surface area (Å²) < 4.78 is 32.2. The Hall–Kier alpha value is -2.18. The first-order valence-electron chi connectivity index (χ1n) is 6.23. The standard InChI is InChI=1S/C14H17F2NO4/c1-7(17-13(20)21-14(2,3)4)8-5-9(15)11(12(18)19)10(16)6-8/h5-7H,1-4H3,(H,17,20)(H,18,19). The third kappa shape index (κ3) is 4.70. The Morgan fingerprint density at radius 3 is 2.10 bits per heavy atom. The SMILES string of the molecule is CC(NC(=O)OC(C)(C)C)c1cc(F)c(C(=O)O)c(F)c1. The van der Waals surface area contributed by atoms with Crippen molar-refractivity contribution in [3.63, 3.8) is 0 Å². The second-order valence-corrected chi connectivity index (χ2v) is 5.53. The summed E-state index contributed by atoms with van der Waals surface area (Å²) in [7, 11) is 0. The predicted molar refractivity (Wildman–Crippen MR) is 71.1 cm³/mol. The van der Waals surface area contributed by atoms with Gasteiger partial charge in [-0.15, -0.1) is 0 Å². The number of carbonyl (C=O) groups excluding carboxylic acids is 1. The molecule has 1 aromatic carbocycles. The summed E-state index contributed by atoms with van der Waals surface area (Å²) in [5.74, 6) is -4.09. The molecule has 0 saturated heterocycles. The van der Waals surface area contributed by atoms with Crippen LogP contribution in [0.4, 0.5) is 13.6 Å². The molecule has 0 radical (unpaired) electrons. The molecule has 0 saturated carbocycles. The Bertz CT molecular complexity index is 544. The first-order chi connectivity index (χ1) is 9.51. The summed E-state index contributed by atoms with van der Waals surface area (Å²) in [5, 5.41) is 11.1. The number of benzene rings is 1. The molecule has 0 fully saturated rings. The molecule has 0 aliphatic heterocycles. The van der Waals surface area contributed by atoms with Crippen LogP contribution in [0.5, 0.6) is 0 Å². The predicted octanol–water partition coefficient (Wildman–Crippen LogP) is 3.25. The maximum atomic E-state index is 13.6. The molecule has 1 rings (SSSR count). The molecule has 0 aromatic heterocycles. The smallest absolute Gasteiger partial charge is 0.408 e. The highest BCUT2D eigenvalue weighted by atomic mass is 19.1. The quantitative estimate of drug-likeness (QED) is 0.898. The molecule has 2 N–H and O–H groups in total. The van der Waals surface area contributed by atoms with Gasteiger partial charge < -0.3 is 15.2 Å². The minimum atomic E-state index is -1.69. The summed E-state index contributed by atoms with van der Waals surface area (Å²) in [6.45, 7) is 6.54. The summed E-state index contributed by atoms with van der Waals surface area (Å²) in [6.07, 6.45) is -0.738. The van der Waals surface area contributed by atoms with E-state index in [0.717, 1.165) is 12.1 Å². The molecule has 0 bridgehead atoms. The lowest BCUT2D eigenvalue weighted by Crippen LogP contribution is -2.34. The van der Waals surface area contributed by atoms with Crippen molar-refractivity contribution in [3.05, 3.63) is 34.9 Å². The van der Waals surface area contributed by atoms with Crippen molar-refractivity contribution in [2.24, 2.45) is 0 Å². The monoisotopic (exact) mass is 301 g/mol. The van der Waals surface area contributed by atoms with E-state index < -0.39 is 40.9 Å². The van der Waals surface area contributed by atoms with Gasteiger partial charge >= 0.3 is 12.1 Å². The highest BCUT2D eigenvalue weighted by Crippen LogP contribution is 2.21. The van der Waals surface area contributed by atoms with Gasteiger partial charge in [-0.05, 0) is 45.4 Å². The van der Waals surface area contributed by atoms with Crippen LogP contribution < -0.4 is 5.32 Å². The Balaban J connectivity index is 2.92. The molecule has 0 spiro atoms. The number of hydrogen-bond donors (Lipinski definition) is 2. The number of ether oxygens (including phenoxy) is 1. The number of carbonyl (C=O) groups is 2. The molecule has 0 heterocycles. The second-order valence-electron chi connectivity index (χ2n) is 5.53. The fourth-order valence-electron chi connectivity index (χ4n) is 1.61. The molecular weight excluding hydrogens is 284 g/mol. The number of carboxylic acid groups (broad SMARTS) is 1. The number of aromatic carboxylic acids is 1. The van der Waals surface area contributed by atoms with Crippen molar-refractivity contribution >= 4 is 12.1 Å². The van der Waals surface area contributed by atoms with Crippen LogP contribution in [0, 0.1) is 11.6 Å². The molecule has 7 heteroatoms. The van der Waals surface area contributed by atoms with Crippen molar-refractivity contribution in [3.8, 4) is 0 Å². The molecule has 1 atom stereocenters. The van der Waals surface area contributed by atoms with Gasteiger partial charge in [0.2, 0.25) is 0 Å². The summed E-state index contributed by atoms with van der Waals surface area (Å²) in [5.41, 5.74) is -1.63. The third-order valence-electron chi connectivity index (χ3n) is 2.51. The van der Waals surface area contributed by atoms with Gasteiger partial charge in [0, 0.05) is 0 Å². The molecule has 0 aliphatic carbocycles. The van der Waals surface area contributed by atoms with Crippen molar-refractivity contribution in [2.45, 2.75) is 39.3 Å². The maximum Gasteiger partial charge on any atom is 0.408 e. The lowest BCUT2D eigenvalue weighted by atomic mass is 10.0. The average Bonchev–Trinajstić information content (AvgIpc) is 2.24. The van der Waals surface area contributed by atoms with Crippen molar-refractivity contribution < 1.29 is 28.2 Å². The van der Waals surface area contributed by atoms with Crippen LogP contribution in [0.15, 0.2) is 12.1 Å². The Kier molecular flexibility index (Phi) is 4.88. The van der Waals surface area contributed by atoms with E-state index in [0.29, 0.717) is 0 Å². The van der Waals surface area contributed by atoms with Crippen LogP contribution in [0.1, 0.15) is 49.7 Å². The van der Waals surface area contributed by atoms with Crippen LogP contribution in [0.2, 0.25) is 0 Å². The van der Waals surface area contributed by atoms with Crippen LogP contribution in [0.3, 0.4) is 0 Å². The van der Waals surface area contributed by atoms with Crippen molar-refractivity contribution in [1.82, 2.24) is 5.32 Å². The number of amides is 1. The van der Waals surface area contributed by atoms with E-state index in [1.807, 2.05) is 0 Å². The maximum absolute atomic E-state index is 13.6. The van der Waals surface area contributed by atoms with Crippen molar-refractivity contribution in [1.29, 1.82) is 0 Å². The number of rotatable bonds is 3. The summed E-state index contributed by atoms with van der Waals surface area (Å²) >= 11 is 0. The van der Waals surface area contributed by atoms with E-state index in [1.165, 1.54) is 6.92 Å². The lowest BCUT2D eigenvalue weighted by Gasteiger charge is -2.22. The molecule has 1 aromatic rings. The van der Waals surface area contributed by atoms with E-state index in [4.69, 9.17) is 9.84 Å². The van der Waals surface area contributed by atoms with Gasteiger partial charge in [0.25, 0.3) is 0 Å². The minimum absolute atomic E-state index is 0.0980. The molecule has 21 heavy (non-hydrogen) atoms. The fourth-order valence-corrected chi connectivity index (χ4v) is 1.61. The van der Waals surface area contributed by atoms with E-state index >= 15 is 0 Å². The molecule has 5 nitrogen and oxygen atoms in total. The van der Waals surface area contributed by atoms with Crippen molar-refractivity contribution in [2.75, 3.05) is 0 Å². The number of carboxylic acids is 1. The Morgan fingerprint density at radius 1 is 1.24 bits per heavy atom. The molecule has 0 aliphatic rings. The number of halogens is 2. The highest BCUT2D eigenvalue weighted by Gasteiger charge is 2.22. The summed E-state index contributed by atoms with van der Waals surface area (Å²) in [4.78, 5) is 22.3. The zero-order chi connectivity index (χ0) is 16.4. The topological polar surface area (TPSA) is 75.6 Å². The molecule has 116 valence electrons. The van der Waals surface area contributed by atoms with E-state index in [2.05, 4.69) is 5.32 Å². The van der Waals surface area contributed by atoms with E-state index in [9.17, 15) is 18.4 Å². The normalized spacial score (nSPS) is 12.7. The van der Waals surface area contributed by atoms with Gasteiger partial charge in [0.15, 0.2) is 0 Å². The van der Waals surface area contributed by atoms with Crippen LogP contribution in [-0.4, -0.2) is 22.8 Å². The zero-order valence-corrected chi connectivity index (χ0v) is 12.2. The van der Waals surface area contributed by atoms with Crippen LogP contribution in [-0.2, 0) is 4.74 Å². The first kappa shape index (κ1) is 16.9. The van der Waals surface area contributed by atoms with Gasteiger partial charge in [-0.25, -0.2) is 18.4 Å². The van der Waals surface area contributed by atoms with E-state index in [1.54, 1.807) is 20.8 Å². The Morgan fingerprint density at radius 2 is 1.71 bits per heavy atom. The van der Waals surface area contributed by atoms with Gasteiger partial charge in [0.1, 0.15) is 22.8 Å². The van der Waals surface area contributed by atoms with Gasteiger partial charge in [-0.2, -0.15) is 0 Å². The molecule has 1 amide bonds. The van der Waals surface area contributed by atoms with Crippen LogP contribution >= 0.6 is 0 Å². The van der Waals surface area contributed by atoms with Gasteiger partial charge in [0.05, 0.1) is 6.04 Å². The average molecular weight is 301 g/mol. The second kappa shape index (κ2) is 6.07. The zero-order valence-electron chi connectivity index (χ0n) is 12.2. The summed E-state index contributed by atoms with van der Waals surface area (Å²) in [6, 6.07) is 0.995. The van der Waals surface area contributed by atoms with Crippen LogP contribution in [0.25, 0.3) is 0 Å². The minimum Gasteiger partial charge on any atom is -0.477 e. The fraction of sp³-hybridized carbons (Fsp3) is 0.429. The largest absolute Gasteiger partial charge is 0.477 e. The van der Waals surface area contributed by atoms with Gasteiger partial charge in [-0.3, -0.25) is 0 Å². The third-order valence-corrected chi connectivity index (χ3v) is 2.51. The van der Waals surface area contributed by atoms with Gasteiger partial charge in [-0.1, -0.05) is 0 Å². The number of hydrogen-bond acceptors (Lipinski definition) is 3. The van der Waals surface area contributed by atoms with E-state index in [-0.39, 0.29) is 5.56 Å². The Labute approximate surface area is 120 Å². The lowest BCUT2D eigenvalue weighted by molar-refractivity contribution is 0.0506.